The molecule has 0 spiro atoms. The van der Waals surface area contributed by atoms with Gasteiger partial charge in [0.2, 0.25) is 16.0 Å². The standard InChI is InChI=1S/C22H24FN5O3S2/c1-33(29,30)28-10-4-15(5-11-28)16-2-3-19-20(12-16)32-22(26-19)31-18-6-8-27(9-7-18)21-24-13-17(23)14-25-21/h2-4,12-14,18H,5-11H2,1H3. The van der Waals surface area contributed by atoms with Crippen molar-refractivity contribution in [2.75, 3.05) is 37.3 Å². The van der Waals surface area contributed by atoms with E-state index in [0.29, 0.717) is 30.7 Å². The Hall–Kier alpha value is -2.63. The average molecular weight is 490 g/mol. The van der Waals surface area contributed by atoms with Crippen molar-refractivity contribution in [3.05, 3.63) is 48.0 Å². The maximum absolute atomic E-state index is 13.0. The Morgan fingerprint density at radius 2 is 1.91 bits per heavy atom. The van der Waals surface area contributed by atoms with E-state index in [1.54, 1.807) is 0 Å². The number of hydrogen-bond donors (Lipinski definition) is 0. The fraction of sp³-hybridized carbons (Fsp3) is 0.409. The number of sulfonamides is 1. The maximum Gasteiger partial charge on any atom is 0.274 e. The monoisotopic (exact) mass is 489 g/mol. The second-order valence-electron chi connectivity index (χ2n) is 8.27. The molecule has 0 unspecified atom stereocenters. The Bertz CT molecular complexity index is 1290. The molecule has 0 radical (unpaired) electrons. The van der Waals surface area contributed by atoms with Crippen LogP contribution in [0, 0.1) is 5.82 Å². The Balaban J connectivity index is 1.23. The fourth-order valence-electron chi connectivity index (χ4n) is 4.15. The predicted octanol–water partition coefficient (Wildman–Crippen LogP) is 3.32. The van der Waals surface area contributed by atoms with Crippen molar-refractivity contribution in [2.24, 2.45) is 0 Å². The molecule has 11 heteroatoms. The van der Waals surface area contributed by atoms with Gasteiger partial charge in [0, 0.05) is 39.0 Å². The predicted molar refractivity (Wildman–Crippen MR) is 126 cm³/mol. The Kier molecular flexibility index (Phi) is 6.02. The zero-order valence-corrected chi connectivity index (χ0v) is 19.8. The minimum Gasteiger partial charge on any atom is -0.467 e. The topological polar surface area (TPSA) is 88.5 Å². The van der Waals surface area contributed by atoms with Crippen molar-refractivity contribution >= 4 is 43.1 Å². The molecule has 1 fully saturated rings. The highest BCUT2D eigenvalue weighted by atomic mass is 32.2. The first kappa shape index (κ1) is 22.2. The number of nitrogens with zero attached hydrogens (tertiary/aromatic N) is 5. The minimum atomic E-state index is -3.16. The number of aromatic nitrogens is 3. The molecule has 1 saturated heterocycles. The van der Waals surface area contributed by atoms with Gasteiger partial charge in [0.15, 0.2) is 5.82 Å². The molecule has 2 aromatic heterocycles. The van der Waals surface area contributed by atoms with E-state index in [9.17, 15) is 12.8 Å². The summed E-state index contributed by atoms with van der Waals surface area (Å²) in [5.41, 5.74) is 3.14. The van der Waals surface area contributed by atoms with Crippen LogP contribution in [0.2, 0.25) is 0 Å². The third-order valence-electron chi connectivity index (χ3n) is 5.98. The van der Waals surface area contributed by atoms with Crippen molar-refractivity contribution in [3.63, 3.8) is 0 Å². The van der Waals surface area contributed by atoms with Crippen LogP contribution in [0.4, 0.5) is 10.3 Å². The van der Waals surface area contributed by atoms with Crippen LogP contribution in [0.1, 0.15) is 24.8 Å². The Labute approximate surface area is 195 Å². The smallest absolute Gasteiger partial charge is 0.274 e. The lowest BCUT2D eigenvalue weighted by Gasteiger charge is -2.31. The molecule has 0 atom stereocenters. The minimum absolute atomic E-state index is 0.0600. The van der Waals surface area contributed by atoms with E-state index < -0.39 is 15.8 Å². The highest BCUT2D eigenvalue weighted by Gasteiger charge is 2.24. The van der Waals surface area contributed by atoms with E-state index in [1.807, 2.05) is 23.1 Å². The van der Waals surface area contributed by atoms with Gasteiger partial charge in [-0.2, -0.15) is 4.31 Å². The summed E-state index contributed by atoms with van der Waals surface area (Å²) in [7, 11) is -3.16. The molecule has 33 heavy (non-hydrogen) atoms. The third-order valence-corrected chi connectivity index (χ3v) is 8.16. The molecule has 1 aromatic carbocycles. The number of fused-ring (bicyclic) bond motifs is 1. The summed E-state index contributed by atoms with van der Waals surface area (Å²) in [5.74, 6) is 0.102. The maximum atomic E-state index is 13.0. The molecular formula is C22H24FN5O3S2. The normalized spacial score (nSPS) is 18.5. The van der Waals surface area contributed by atoms with Crippen LogP contribution in [0.5, 0.6) is 5.19 Å². The summed E-state index contributed by atoms with van der Waals surface area (Å²) in [6.07, 6.45) is 7.98. The number of ether oxygens (including phenoxy) is 1. The van der Waals surface area contributed by atoms with Gasteiger partial charge in [-0.3, -0.25) is 0 Å². The van der Waals surface area contributed by atoms with Crippen molar-refractivity contribution in [2.45, 2.75) is 25.4 Å². The van der Waals surface area contributed by atoms with Crippen LogP contribution in [0.3, 0.4) is 0 Å². The number of anilines is 1. The van der Waals surface area contributed by atoms with Gasteiger partial charge in [-0.1, -0.05) is 23.5 Å². The number of thiazole rings is 1. The second-order valence-corrected chi connectivity index (χ2v) is 11.2. The summed E-state index contributed by atoms with van der Waals surface area (Å²) >= 11 is 1.53. The highest BCUT2D eigenvalue weighted by Crippen LogP contribution is 2.33. The first-order valence-corrected chi connectivity index (χ1v) is 13.5. The molecule has 0 bridgehead atoms. The summed E-state index contributed by atoms with van der Waals surface area (Å²) < 4.78 is 45.2. The second kappa shape index (κ2) is 8.96. The largest absolute Gasteiger partial charge is 0.467 e. The number of hydrogen-bond acceptors (Lipinski definition) is 8. The SMILES string of the molecule is CS(=O)(=O)N1CC=C(c2ccc3nc(OC4CCN(c5ncc(F)cn5)CC4)sc3c2)CC1. The van der Waals surface area contributed by atoms with Crippen LogP contribution in [0.25, 0.3) is 15.8 Å². The lowest BCUT2D eigenvalue weighted by molar-refractivity contribution is 0.170. The van der Waals surface area contributed by atoms with Crippen molar-refractivity contribution in [3.8, 4) is 5.19 Å². The van der Waals surface area contributed by atoms with E-state index in [2.05, 4.69) is 21.0 Å². The zero-order chi connectivity index (χ0) is 23.0. The van der Waals surface area contributed by atoms with Gasteiger partial charge in [0.1, 0.15) is 6.10 Å². The zero-order valence-electron chi connectivity index (χ0n) is 18.1. The molecule has 0 N–H and O–H groups in total. The van der Waals surface area contributed by atoms with Crippen LogP contribution in [-0.4, -0.2) is 66.2 Å². The first-order chi connectivity index (χ1) is 15.8. The summed E-state index contributed by atoms with van der Waals surface area (Å²) in [6, 6.07) is 6.14. The van der Waals surface area contributed by atoms with E-state index in [4.69, 9.17) is 4.74 Å². The van der Waals surface area contributed by atoms with E-state index in [-0.39, 0.29) is 6.10 Å². The molecule has 2 aliphatic rings. The molecule has 0 saturated carbocycles. The summed E-state index contributed by atoms with van der Waals surface area (Å²) in [6.45, 7) is 2.39. The van der Waals surface area contributed by atoms with Crippen molar-refractivity contribution in [1.29, 1.82) is 0 Å². The molecule has 2 aliphatic heterocycles. The van der Waals surface area contributed by atoms with Crippen LogP contribution < -0.4 is 9.64 Å². The quantitative estimate of drug-likeness (QED) is 0.543. The summed E-state index contributed by atoms with van der Waals surface area (Å²) in [5, 5.41) is 0.652. The molecule has 0 aliphatic carbocycles. The van der Waals surface area contributed by atoms with Gasteiger partial charge in [0.25, 0.3) is 5.19 Å². The van der Waals surface area contributed by atoms with Crippen LogP contribution >= 0.6 is 11.3 Å². The molecule has 8 nitrogen and oxygen atoms in total. The summed E-state index contributed by atoms with van der Waals surface area (Å²) in [4.78, 5) is 14.8. The highest BCUT2D eigenvalue weighted by molar-refractivity contribution is 7.88. The third kappa shape index (κ3) is 4.99. The van der Waals surface area contributed by atoms with Crippen LogP contribution in [0.15, 0.2) is 36.7 Å². The Morgan fingerprint density at radius 1 is 1.15 bits per heavy atom. The average Bonchev–Trinajstić information content (AvgIpc) is 3.21. The number of benzene rings is 1. The van der Waals surface area contributed by atoms with E-state index >= 15 is 0 Å². The van der Waals surface area contributed by atoms with Gasteiger partial charge < -0.3 is 9.64 Å². The number of rotatable bonds is 5. The molecular weight excluding hydrogens is 465 g/mol. The molecule has 4 heterocycles. The van der Waals surface area contributed by atoms with Crippen molar-refractivity contribution in [1.82, 2.24) is 19.3 Å². The lowest BCUT2D eigenvalue weighted by Crippen LogP contribution is -2.39. The number of piperidine rings is 1. The van der Waals surface area contributed by atoms with Gasteiger partial charge in [0.05, 0.1) is 28.9 Å². The van der Waals surface area contributed by atoms with Crippen LogP contribution in [-0.2, 0) is 10.0 Å². The molecule has 174 valence electrons. The van der Waals surface area contributed by atoms with Gasteiger partial charge in [-0.25, -0.2) is 27.8 Å². The molecule has 3 aromatic rings. The van der Waals surface area contributed by atoms with E-state index in [1.165, 1.54) is 34.3 Å². The lowest BCUT2D eigenvalue weighted by atomic mass is 10.0. The molecule has 0 amide bonds. The van der Waals surface area contributed by atoms with Gasteiger partial charge >= 0.3 is 0 Å². The first-order valence-electron chi connectivity index (χ1n) is 10.8. The molecule has 5 rings (SSSR count). The fourth-order valence-corrected chi connectivity index (χ4v) is 5.84. The Morgan fingerprint density at radius 3 is 2.58 bits per heavy atom. The van der Waals surface area contributed by atoms with Crippen molar-refractivity contribution < 1.29 is 17.5 Å². The number of halogens is 1. The van der Waals surface area contributed by atoms with Gasteiger partial charge in [-0.15, -0.1) is 0 Å². The van der Waals surface area contributed by atoms with E-state index in [0.717, 1.165) is 47.3 Å². The van der Waals surface area contributed by atoms with Gasteiger partial charge in [-0.05, 0) is 29.7 Å².